The fraction of sp³-hybridized carbons (Fsp3) is 0.250. The third kappa shape index (κ3) is 2.00. The van der Waals surface area contributed by atoms with E-state index in [4.69, 9.17) is 5.73 Å². The number of hydrogen-bond donors (Lipinski definition) is 1. The molecule has 92 valence electrons. The van der Waals surface area contributed by atoms with E-state index in [0.29, 0.717) is 18.9 Å². The van der Waals surface area contributed by atoms with E-state index in [2.05, 4.69) is 9.97 Å². The maximum absolute atomic E-state index is 11.8. The van der Waals surface area contributed by atoms with Gasteiger partial charge in [0, 0.05) is 25.2 Å². The molecular weight excluding hydrogens is 248 g/mol. The van der Waals surface area contributed by atoms with Gasteiger partial charge >= 0.3 is 0 Å². The number of nitrogens with zero attached hydrogens (tertiary/aromatic N) is 3. The highest BCUT2D eigenvalue weighted by atomic mass is 32.1. The smallest absolute Gasteiger partial charge is 0.232 e. The summed E-state index contributed by atoms with van der Waals surface area (Å²) in [5, 5.41) is 1.99. The van der Waals surface area contributed by atoms with E-state index in [1.54, 1.807) is 22.4 Å². The average Bonchev–Trinajstić information content (AvgIpc) is 2.99. The van der Waals surface area contributed by atoms with Crippen LogP contribution in [0.15, 0.2) is 29.8 Å². The first kappa shape index (κ1) is 11.3. The van der Waals surface area contributed by atoms with E-state index in [0.717, 1.165) is 10.6 Å². The van der Waals surface area contributed by atoms with E-state index in [1.807, 2.05) is 23.6 Å². The van der Waals surface area contributed by atoms with Crippen LogP contribution in [0.25, 0.3) is 10.6 Å². The Morgan fingerprint density at radius 2 is 2.33 bits per heavy atom. The lowest BCUT2D eigenvalue weighted by Crippen LogP contribution is -2.29. The lowest BCUT2D eigenvalue weighted by atomic mass is 10.3. The number of anilines is 1. The third-order valence-electron chi connectivity index (χ3n) is 2.81. The van der Waals surface area contributed by atoms with Crippen molar-refractivity contribution in [1.82, 2.24) is 9.97 Å². The lowest BCUT2D eigenvalue weighted by molar-refractivity contribution is -0.117. The van der Waals surface area contributed by atoms with Crippen LogP contribution in [-0.2, 0) is 4.79 Å². The summed E-state index contributed by atoms with van der Waals surface area (Å²) in [7, 11) is 0. The van der Waals surface area contributed by atoms with Gasteiger partial charge in [0.1, 0.15) is 0 Å². The standard InChI is InChI=1S/C12H12N4OS/c13-8-6-11(17)16(7-8)12-14-4-3-9(15-12)10-2-1-5-18-10/h1-5,8H,6-7,13H2. The van der Waals surface area contributed by atoms with Crippen molar-refractivity contribution in [2.45, 2.75) is 12.5 Å². The van der Waals surface area contributed by atoms with Crippen molar-refractivity contribution in [2.24, 2.45) is 5.73 Å². The van der Waals surface area contributed by atoms with Gasteiger partial charge in [0.25, 0.3) is 0 Å². The van der Waals surface area contributed by atoms with E-state index >= 15 is 0 Å². The van der Waals surface area contributed by atoms with Crippen molar-refractivity contribution in [3.8, 4) is 10.6 Å². The molecule has 0 aliphatic carbocycles. The molecule has 2 aromatic heterocycles. The second-order valence-electron chi connectivity index (χ2n) is 4.19. The molecule has 1 unspecified atom stereocenters. The monoisotopic (exact) mass is 260 g/mol. The van der Waals surface area contributed by atoms with Gasteiger partial charge in [-0.05, 0) is 17.5 Å². The van der Waals surface area contributed by atoms with Crippen molar-refractivity contribution < 1.29 is 4.79 Å². The largest absolute Gasteiger partial charge is 0.326 e. The zero-order chi connectivity index (χ0) is 12.5. The molecule has 0 saturated carbocycles. The number of aromatic nitrogens is 2. The minimum absolute atomic E-state index is 0.00849. The van der Waals surface area contributed by atoms with Crippen LogP contribution in [0.1, 0.15) is 6.42 Å². The van der Waals surface area contributed by atoms with Crippen LogP contribution < -0.4 is 10.6 Å². The van der Waals surface area contributed by atoms with Gasteiger partial charge in [-0.1, -0.05) is 6.07 Å². The average molecular weight is 260 g/mol. The quantitative estimate of drug-likeness (QED) is 0.882. The highest BCUT2D eigenvalue weighted by molar-refractivity contribution is 7.13. The Morgan fingerprint density at radius 3 is 3.00 bits per heavy atom. The summed E-state index contributed by atoms with van der Waals surface area (Å²) in [6.45, 7) is 0.493. The van der Waals surface area contributed by atoms with Gasteiger partial charge in [-0.3, -0.25) is 9.69 Å². The molecule has 1 aliphatic heterocycles. The van der Waals surface area contributed by atoms with Gasteiger partial charge in [-0.25, -0.2) is 9.97 Å². The molecule has 3 rings (SSSR count). The minimum atomic E-state index is -0.119. The van der Waals surface area contributed by atoms with Gasteiger partial charge < -0.3 is 5.73 Å². The molecule has 6 heteroatoms. The second kappa shape index (κ2) is 4.47. The van der Waals surface area contributed by atoms with Crippen molar-refractivity contribution in [2.75, 3.05) is 11.4 Å². The Kier molecular flexibility index (Phi) is 2.81. The van der Waals surface area contributed by atoms with Crippen molar-refractivity contribution in [1.29, 1.82) is 0 Å². The third-order valence-corrected chi connectivity index (χ3v) is 3.71. The number of nitrogens with two attached hydrogens (primary N) is 1. The second-order valence-corrected chi connectivity index (χ2v) is 5.14. The first-order valence-electron chi connectivity index (χ1n) is 5.67. The zero-order valence-corrected chi connectivity index (χ0v) is 10.4. The van der Waals surface area contributed by atoms with Crippen LogP contribution in [0.2, 0.25) is 0 Å². The van der Waals surface area contributed by atoms with Crippen LogP contribution in [-0.4, -0.2) is 28.5 Å². The maximum Gasteiger partial charge on any atom is 0.232 e. The number of hydrogen-bond acceptors (Lipinski definition) is 5. The number of amides is 1. The Bertz CT molecular complexity index is 569. The molecule has 1 saturated heterocycles. The van der Waals surface area contributed by atoms with Crippen LogP contribution in [0.5, 0.6) is 0 Å². The van der Waals surface area contributed by atoms with Crippen LogP contribution in [0.4, 0.5) is 5.95 Å². The van der Waals surface area contributed by atoms with E-state index in [-0.39, 0.29) is 11.9 Å². The first-order chi connectivity index (χ1) is 8.74. The molecule has 1 atom stereocenters. The molecule has 0 spiro atoms. The molecule has 18 heavy (non-hydrogen) atoms. The Labute approximate surface area is 108 Å². The summed E-state index contributed by atoms with van der Waals surface area (Å²) in [5.41, 5.74) is 6.61. The van der Waals surface area contributed by atoms with Gasteiger partial charge in [0.05, 0.1) is 10.6 Å². The molecule has 1 amide bonds. The molecule has 0 aromatic carbocycles. The maximum atomic E-state index is 11.8. The van der Waals surface area contributed by atoms with Crippen molar-refractivity contribution in [3.05, 3.63) is 29.8 Å². The molecule has 3 heterocycles. The number of rotatable bonds is 2. The zero-order valence-electron chi connectivity index (χ0n) is 9.61. The van der Waals surface area contributed by atoms with E-state index < -0.39 is 0 Å². The molecule has 2 N–H and O–H groups in total. The minimum Gasteiger partial charge on any atom is -0.326 e. The highest BCUT2D eigenvalue weighted by Crippen LogP contribution is 2.24. The SMILES string of the molecule is NC1CC(=O)N(c2nccc(-c3cccs3)n2)C1. The van der Waals surface area contributed by atoms with Crippen molar-refractivity contribution >= 4 is 23.2 Å². The van der Waals surface area contributed by atoms with Crippen LogP contribution in [0.3, 0.4) is 0 Å². The van der Waals surface area contributed by atoms with Crippen LogP contribution >= 0.6 is 11.3 Å². The molecule has 5 nitrogen and oxygen atoms in total. The first-order valence-corrected chi connectivity index (χ1v) is 6.55. The summed E-state index contributed by atoms with van der Waals surface area (Å²) < 4.78 is 0. The van der Waals surface area contributed by atoms with Gasteiger partial charge in [0.15, 0.2) is 0 Å². The normalized spacial score (nSPS) is 19.5. The molecular formula is C12H12N4OS. The summed E-state index contributed by atoms with van der Waals surface area (Å²) >= 11 is 1.61. The molecule has 1 fully saturated rings. The fourth-order valence-electron chi connectivity index (χ4n) is 1.97. The fourth-order valence-corrected chi connectivity index (χ4v) is 2.66. The Morgan fingerprint density at radius 1 is 1.44 bits per heavy atom. The predicted molar refractivity (Wildman–Crippen MR) is 70.3 cm³/mol. The topological polar surface area (TPSA) is 72.1 Å². The molecule has 1 aliphatic rings. The molecule has 2 aromatic rings. The van der Waals surface area contributed by atoms with Gasteiger partial charge in [-0.2, -0.15) is 0 Å². The van der Waals surface area contributed by atoms with E-state index in [1.165, 1.54) is 0 Å². The number of carbonyl (C=O) groups excluding carboxylic acids is 1. The summed E-state index contributed by atoms with van der Waals surface area (Å²) in [6, 6.07) is 5.69. The highest BCUT2D eigenvalue weighted by Gasteiger charge is 2.29. The molecule has 0 bridgehead atoms. The summed E-state index contributed by atoms with van der Waals surface area (Å²) in [5.74, 6) is 0.435. The number of thiophene rings is 1. The van der Waals surface area contributed by atoms with Gasteiger partial charge in [0.2, 0.25) is 11.9 Å². The summed E-state index contributed by atoms with van der Waals surface area (Å²) in [6.07, 6.45) is 2.04. The lowest BCUT2D eigenvalue weighted by Gasteiger charge is -2.13. The number of carbonyl (C=O) groups is 1. The summed E-state index contributed by atoms with van der Waals surface area (Å²) in [4.78, 5) is 23.0. The van der Waals surface area contributed by atoms with Gasteiger partial charge in [-0.15, -0.1) is 11.3 Å². The molecule has 0 radical (unpaired) electrons. The predicted octanol–water partition coefficient (Wildman–Crippen LogP) is 1.27. The van der Waals surface area contributed by atoms with E-state index in [9.17, 15) is 4.79 Å². The van der Waals surface area contributed by atoms with Crippen LogP contribution in [0, 0.1) is 0 Å². The Balaban J connectivity index is 1.94. The Hall–Kier alpha value is -1.79. The van der Waals surface area contributed by atoms with Crippen molar-refractivity contribution in [3.63, 3.8) is 0 Å².